The minimum Gasteiger partial charge on any atom is -0.318 e. The Morgan fingerprint density at radius 1 is 1.80 bits per heavy atom. The van der Waals surface area contributed by atoms with Crippen molar-refractivity contribution in [2.24, 2.45) is 0 Å². The maximum absolute atomic E-state index is 10.4. The van der Waals surface area contributed by atoms with Gasteiger partial charge in [-0.15, -0.1) is 0 Å². The summed E-state index contributed by atoms with van der Waals surface area (Å²) in [5, 5.41) is 10.6. The van der Waals surface area contributed by atoms with Crippen LogP contribution in [0.15, 0.2) is 24.4 Å². The number of amides is 1. The molecule has 0 aliphatic rings. The van der Waals surface area contributed by atoms with E-state index in [0.717, 1.165) is 0 Å². The average Bonchev–Trinajstić information content (AvgIpc) is 1.86. The number of rotatable bonds is 2. The molecule has 0 aromatic carbocycles. The molecule has 0 aromatic heterocycles. The van der Waals surface area contributed by atoms with Gasteiger partial charge in [0.25, 0.3) is 0 Å². The topological polar surface area (TPSA) is 52.9 Å². The molecular formula is C7H8N2O. The highest BCUT2D eigenvalue weighted by Gasteiger charge is 1.93. The second-order valence-corrected chi connectivity index (χ2v) is 1.61. The third-order valence-electron chi connectivity index (χ3n) is 0.716. The maximum Gasteiger partial charge on any atom is 0.221 e. The first-order chi connectivity index (χ1) is 4.70. The van der Waals surface area contributed by atoms with Gasteiger partial charge in [-0.2, -0.15) is 5.26 Å². The first-order valence-electron chi connectivity index (χ1n) is 2.71. The van der Waals surface area contributed by atoms with Crippen molar-refractivity contribution in [3.05, 3.63) is 24.4 Å². The van der Waals surface area contributed by atoms with E-state index in [0.29, 0.717) is 0 Å². The Kier molecular flexibility index (Phi) is 3.66. The number of nitrogens with zero attached hydrogens (tertiary/aromatic N) is 1. The second-order valence-electron chi connectivity index (χ2n) is 1.61. The van der Waals surface area contributed by atoms with Crippen LogP contribution < -0.4 is 5.32 Å². The van der Waals surface area contributed by atoms with E-state index in [-0.39, 0.29) is 11.6 Å². The highest BCUT2D eigenvalue weighted by Crippen LogP contribution is 1.85. The zero-order chi connectivity index (χ0) is 7.98. The lowest BCUT2D eigenvalue weighted by atomic mass is 10.4. The highest BCUT2D eigenvalue weighted by atomic mass is 16.1. The third kappa shape index (κ3) is 3.44. The van der Waals surface area contributed by atoms with Gasteiger partial charge in [0.15, 0.2) is 0 Å². The minimum atomic E-state index is -0.255. The molecule has 0 aliphatic heterocycles. The standard InChI is InChI=1S/C7H8N2O/c1-3-4-7(5-8)9-6(2)10/h3-4H,1H2,2H3,(H,9,10)/b7-4+. The third-order valence-corrected chi connectivity index (χ3v) is 0.716. The number of allylic oxidation sites excluding steroid dienone is 3. The number of nitrogens with one attached hydrogen (secondary N) is 1. The Hall–Kier alpha value is -1.56. The van der Waals surface area contributed by atoms with Crippen LogP contribution in [0.2, 0.25) is 0 Å². The van der Waals surface area contributed by atoms with E-state index in [1.54, 1.807) is 6.07 Å². The lowest BCUT2D eigenvalue weighted by molar-refractivity contribution is -0.118. The molecule has 0 fully saturated rings. The Bertz CT molecular complexity index is 210. The summed E-state index contributed by atoms with van der Waals surface area (Å²) in [4.78, 5) is 10.4. The van der Waals surface area contributed by atoms with E-state index in [1.807, 2.05) is 0 Å². The lowest BCUT2D eigenvalue weighted by Gasteiger charge is -1.94. The molecule has 1 amide bonds. The van der Waals surface area contributed by atoms with E-state index in [9.17, 15) is 4.79 Å². The molecule has 0 heterocycles. The van der Waals surface area contributed by atoms with Crippen LogP contribution in [0.3, 0.4) is 0 Å². The SMILES string of the molecule is C=C/C=C(\C#N)NC(C)=O. The summed E-state index contributed by atoms with van der Waals surface area (Å²) in [5.41, 5.74) is 0.211. The van der Waals surface area contributed by atoms with Crippen LogP contribution in [0.4, 0.5) is 0 Å². The highest BCUT2D eigenvalue weighted by molar-refractivity contribution is 5.75. The molecule has 52 valence electrons. The quantitative estimate of drug-likeness (QED) is 0.449. The molecule has 0 aliphatic carbocycles. The molecule has 0 radical (unpaired) electrons. The number of carbonyl (C=O) groups is 1. The molecule has 3 nitrogen and oxygen atoms in total. The molecular weight excluding hydrogens is 128 g/mol. The van der Waals surface area contributed by atoms with Crippen LogP contribution in [-0.4, -0.2) is 5.91 Å². The normalized spacial score (nSPS) is 9.80. The first-order valence-corrected chi connectivity index (χ1v) is 2.71. The van der Waals surface area contributed by atoms with Crippen molar-refractivity contribution in [1.29, 1.82) is 5.26 Å². The van der Waals surface area contributed by atoms with Crippen LogP contribution >= 0.6 is 0 Å². The van der Waals surface area contributed by atoms with Gasteiger partial charge >= 0.3 is 0 Å². The smallest absolute Gasteiger partial charge is 0.221 e. The van der Waals surface area contributed by atoms with Crippen molar-refractivity contribution in [2.75, 3.05) is 0 Å². The number of hydrogen-bond acceptors (Lipinski definition) is 2. The fourth-order valence-electron chi connectivity index (χ4n) is 0.414. The summed E-state index contributed by atoms with van der Waals surface area (Å²) < 4.78 is 0. The largest absolute Gasteiger partial charge is 0.318 e. The van der Waals surface area contributed by atoms with E-state index >= 15 is 0 Å². The molecule has 0 unspecified atom stereocenters. The van der Waals surface area contributed by atoms with E-state index in [2.05, 4.69) is 11.9 Å². The summed E-state index contributed by atoms with van der Waals surface area (Å²) in [6, 6.07) is 1.79. The molecule has 0 aromatic rings. The zero-order valence-electron chi connectivity index (χ0n) is 5.72. The predicted molar refractivity (Wildman–Crippen MR) is 37.7 cm³/mol. The van der Waals surface area contributed by atoms with Gasteiger partial charge in [0.05, 0.1) is 0 Å². The molecule has 1 N–H and O–H groups in total. The molecule has 0 saturated heterocycles. The van der Waals surface area contributed by atoms with Crippen LogP contribution in [0.25, 0.3) is 0 Å². The van der Waals surface area contributed by atoms with Gasteiger partial charge in [-0.3, -0.25) is 4.79 Å². The summed E-state index contributed by atoms with van der Waals surface area (Å²) in [6.07, 6.45) is 2.87. The molecule has 0 saturated carbocycles. The fraction of sp³-hybridized carbons (Fsp3) is 0.143. The number of carbonyl (C=O) groups excluding carboxylic acids is 1. The Morgan fingerprint density at radius 2 is 2.40 bits per heavy atom. The van der Waals surface area contributed by atoms with Crippen molar-refractivity contribution >= 4 is 5.91 Å². The van der Waals surface area contributed by atoms with Crippen LogP contribution in [0, 0.1) is 11.3 Å². The Labute approximate surface area is 59.7 Å². The van der Waals surface area contributed by atoms with Gasteiger partial charge < -0.3 is 5.32 Å². The van der Waals surface area contributed by atoms with Crippen molar-refractivity contribution in [2.45, 2.75) is 6.92 Å². The van der Waals surface area contributed by atoms with Gasteiger partial charge in [-0.1, -0.05) is 12.7 Å². The van der Waals surface area contributed by atoms with Crippen LogP contribution in [0.5, 0.6) is 0 Å². The molecule has 0 bridgehead atoms. The number of nitriles is 1. The molecule has 10 heavy (non-hydrogen) atoms. The van der Waals surface area contributed by atoms with Crippen molar-refractivity contribution in [1.82, 2.24) is 5.32 Å². The molecule has 0 spiro atoms. The predicted octanol–water partition coefficient (Wildman–Crippen LogP) is 0.716. The number of hydrogen-bond donors (Lipinski definition) is 1. The average molecular weight is 136 g/mol. The van der Waals surface area contributed by atoms with Crippen molar-refractivity contribution < 1.29 is 4.79 Å². The summed E-state index contributed by atoms with van der Waals surface area (Å²) >= 11 is 0. The van der Waals surface area contributed by atoms with E-state index < -0.39 is 0 Å². The van der Waals surface area contributed by atoms with Crippen molar-refractivity contribution in [3.63, 3.8) is 0 Å². The second kappa shape index (κ2) is 4.33. The molecule has 3 heteroatoms. The summed E-state index contributed by atoms with van der Waals surface area (Å²) in [5.74, 6) is -0.255. The maximum atomic E-state index is 10.4. The van der Waals surface area contributed by atoms with E-state index in [4.69, 9.17) is 5.26 Å². The van der Waals surface area contributed by atoms with Gasteiger partial charge in [-0.25, -0.2) is 0 Å². The van der Waals surface area contributed by atoms with Gasteiger partial charge in [-0.05, 0) is 6.08 Å². The summed E-state index contributed by atoms with van der Waals surface area (Å²) in [7, 11) is 0. The van der Waals surface area contributed by atoms with Crippen LogP contribution in [0.1, 0.15) is 6.92 Å². The van der Waals surface area contributed by atoms with Crippen LogP contribution in [-0.2, 0) is 4.79 Å². The van der Waals surface area contributed by atoms with Crippen molar-refractivity contribution in [3.8, 4) is 6.07 Å². The lowest BCUT2D eigenvalue weighted by Crippen LogP contribution is -2.17. The molecule has 0 atom stereocenters. The Morgan fingerprint density at radius 3 is 2.70 bits per heavy atom. The van der Waals surface area contributed by atoms with E-state index in [1.165, 1.54) is 19.1 Å². The van der Waals surface area contributed by atoms with Gasteiger partial charge in [0.1, 0.15) is 11.8 Å². The minimum absolute atomic E-state index is 0.211. The fourth-order valence-corrected chi connectivity index (χ4v) is 0.414. The van der Waals surface area contributed by atoms with Gasteiger partial charge in [0, 0.05) is 6.92 Å². The zero-order valence-corrected chi connectivity index (χ0v) is 5.72. The molecule has 0 rings (SSSR count). The first kappa shape index (κ1) is 8.44. The van der Waals surface area contributed by atoms with Gasteiger partial charge in [0.2, 0.25) is 5.91 Å². The summed E-state index contributed by atoms with van der Waals surface area (Å²) in [6.45, 7) is 4.72. The Balaban J connectivity index is 4.12. The monoisotopic (exact) mass is 136 g/mol.